The molecule has 0 aliphatic rings. The number of hydrogen-bond acceptors (Lipinski definition) is 3. The Hall–Kier alpha value is -1.10. The van der Waals surface area contributed by atoms with Gasteiger partial charge in [-0.15, -0.1) is 11.8 Å². The molecule has 0 aliphatic heterocycles. The summed E-state index contributed by atoms with van der Waals surface area (Å²) in [4.78, 5) is 12.2. The molecule has 18 heavy (non-hydrogen) atoms. The summed E-state index contributed by atoms with van der Waals surface area (Å²) in [5.41, 5.74) is -0.556. The normalized spacial score (nSPS) is 13.2. The average Bonchev–Trinajstić information content (AvgIpc) is 2.21. The van der Waals surface area contributed by atoms with E-state index in [9.17, 15) is 13.6 Å². The predicted molar refractivity (Wildman–Crippen MR) is 67.5 cm³/mol. The fourth-order valence-corrected chi connectivity index (χ4v) is 2.06. The molecular formula is C13H16F2O2S. The van der Waals surface area contributed by atoms with E-state index in [1.165, 1.54) is 6.07 Å². The van der Waals surface area contributed by atoms with E-state index in [4.69, 9.17) is 4.74 Å². The molecule has 0 amide bonds. The van der Waals surface area contributed by atoms with E-state index in [1.807, 2.05) is 0 Å². The molecule has 1 aromatic rings. The van der Waals surface area contributed by atoms with E-state index in [0.29, 0.717) is 4.90 Å². The lowest BCUT2D eigenvalue weighted by Gasteiger charge is -2.22. The Bertz CT molecular complexity index is 441. The van der Waals surface area contributed by atoms with Crippen LogP contribution < -0.4 is 0 Å². The van der Waals surface area contributed by atoms with Gasteiger partial charge in [0, 0.05) is 4.90 Å². The van der Waals surface area contributed by atoms with Crippen LogP contribution in [0.15, 0.2) is 23.1 Å². The molecule has 0 aromatic heterocycles. The minimum Gasteiger partial charge on any atom is -0.459 e. The molecule has 1 unspecified atom stereocenters. The van der Waals surface area contributed by atoms with E-state index in [2.05, 4.69) is 0 Å². The first kappa shape index (κ1) is 15.0. The van der Waals surface area contributed by atoms with Crippen molar-refractivity contribution in [3.8, 4) is 0 Å². The van der Waals surface area contributed by atoms with Gasteiger partial charge in [-0.1, -0.05) is 0 Å². The van der Waals surface area contributed by atoms with Gasteiger partial charge in [0.25, 0.3) is 0 Å². The van der Waals surface area contributed by atoms with Crippen molar-refractivity contribution in [1.29, 1.82) is 0 Å². The number of thioether (sulfide) groups is 1. The fraction of sp³-hybridized carbons (Fsp3) is 0.462. The SMILES string of the molecule is CC(Sc1ccc(F)c(F)c1)C(=O)OC(C)(C)C. The second kappa shape index (κ2) is 5.69. The zero-order valence-corrected chi connectivity index (χ0v) is 11.6. The van der Waals surface area contributed by atoms with Gasteiger partial charge in [0.15, 0.2) is 11.6 Å². The first-order chi connectivity index (χ1) is 8.19. The van der Waals surface area contributed by atoms with Gasteiger partial charge < -0.3 is 4.74 Å². The Morgan fingerprint density at radius 1 is 1.28 bits per heavy atom. The largest absolute Gasteiger partial charge is 0.459 e. The molecule has 1 atom stereocenters. The first-order valence-electron chi connectivity index (χ1n) is 5.53. The van der Waals surface area contributed by atoms with Gasteiger partial charge in [-0.2, -0.15) is 0 Å². The lowest BCUT2D eigenvalue weighted by atomic mass is 10.2. The molecule has 100 valence electrons. The summed E-state index contributed by atoms with van der Waals surface area (Å²) < 4.78 is 30.9. The third kappa shape index (κ3) is 4.64. The van der Waals surface area contributed by atoms with Gasteiger partial charge in [-0.05, 0) is 45.9 Å². The van der Waals surface area contributed by atoms with Crippen LogP contribution in [0, 0.1) is 11.6 Å². The average molecular weight is 274 g/mol. The highest BCUT2D eigenvalue weighted by Crippen LogP contribution is 2.26. The number of rotatable bonds is 3. The van der Waals surface area contributed by atoms with Gasteiger partial charge in [0.2, 0.25) is 0 Å². The Balaban J connectivity index is 2.66. The molecule has 0 radical (unpaired) electrons. The van der Waals surface area contributed by atoms with Crippen molar-refractivity contribution in [2.75, 3.05) is 0 Å². The number of esters is 1. The number of benzene rings is 1. The van der Waals surface area contributed by atoms with Crippen LogP contribution in [0.3, 0.4) is 0 Å². The molecule has 2 nitrogen and oxygen atoms in total. The van der Waals surface area contributed by atoms with Crippen molar-refractivity contribution in [1.82, 2.24) is 0 Å². The van der Waals surface area contributed by atoms with Gasteiger partial charge in [0.05, 0.1) is 0 Å². The second-order valence-electron chi connectivity index (χ2n) is 4.87. The Morgan fingerprint density at radius 3 is 2.39 bits per heavy atom. The Morgan fingerprint density at radius 2 is 1.89 bits per heavy atom. The standard InChI is InChI=1S/C13H16F2O2S/c1-8(12(16)17-13(2,3)4)18-9-5-6-10(14)11(15)7-9/h5-8H,1-4H3. The number of carbonyl (C=O) groups is 1. The van der Waals surface area contributed by atoms with Crippen molar-refractivity contribution in [3.05, 3.63) is 29.8 Å². The maximum absolute atomic E-state index is 13.0. The smallest absolute Gasteiger partial charge is 0.319 e. The molecule has 1 aromatic carbocycles. The molecule has 0 N–H and O–H groups in total. The number of halogens is 2. The van der Waals surface area contributed by atoms with E-state index in [1.54, 1.807) is 27.7 Å². The summed E-state index contributed by atoms with van der Waals surface area (Å²) in [6.45, 7) is 7.00. The van der Waals surface area contributed by atoms with Crippen molar-refractivity contribution >= 4 is 17.7 Å². The van der Waals surface area contributed by atoms with Crippen LogP contribution in [0.2, 0.25) is 0 Å². The first-order valence-corrected chi connectivity index (χ1v) is 6.41. The Labute approximate surface area is 110 Å². The van der Waals surface area contributed by atoms with Crippen LogP contribution in [-0.4, -0.2) is 16.8 Å². The molecule has 0 saturated carbocycles. The second-order valence-corrected chi connectivity index (χ2v) is 6.28. The van der Waals surface area contributed by atoms with Gasteiger partial charge in [-0.3, -0.25) is 4.79 Å². The lowest BCUT2D eigenvalue weighted by Crippen LogP contribution is -2.28. The Kier molecular flexibility index (Phi) is 4.73. The third-order valence-electron chi connectivity index (χ3n) is 1.94. The summed E-state index contributed by atoms with van der Waals surface area (Å²) in [5, 5.41) is -0.478. The van der Waals surface area contributed by atoms with E-state index >= 15 is 0 Å². The van der Waals surface area contributed by atoms with Crippen molar-refractivity contribution < 1.29 is 18.3 Å². The molecule has 0 aliphatic carbocycles. The highest BCUT2D eigenvalue weighted by Gasteiger charge is 2.22. The number of carbonyl (C=O) groups excluding carboxylic acids is 1. The van der Waals surface area contributed by atoms with Crippen LogP contribution in [0.1, 0.15) is 27.7 Å². The number of hydrogen-bond donors (Lipinski definition) is 0. The maximum Gasteiger partial charge on any atom is 0.319 e. The zero-order chi connectivity index (χ0) is 13.9. The molecule has 0 bridgehead atoms. The van der Waals surface area contributed by atoms with E-state index < -0.39 is 22.5 Å². The van der Waals surface area contributed by atoms with Crippen molar-refractivity contribution in [2.24, 2.45) is 0 Å². The van der Waals surface area contributed by atoms with Crippen LogP contribution >= 0.6 is 11.8 Å². The molecule has 0 spiro atoms. The fourth-order valence-electron chi connectivity index (χ4n) is 1.19. The molecule has 0 fully saturated rings. The predicted octanol–water partition coefficient (Wildman–Crippen LogP) is 3.79. The lowest BCUT2D eigenvalue weighted by molar-refractivity contribution is -0.153. The topological polar surface area (TPSA) is 26.3 Å². The van der Waals surface area contributed by atoms with Crippen LogP contribution in [-0.2, 0) is 9.53 Å². The van der Waals surface area contributed by atoms with Gasteiger partial charge in [-0.25, -0.2) is 8.78 Å². The van der Waals surface area contributed by atoms with Crippen LogP contribution in [0.25, 0.3) is 0 Å². The maximum atomic E-state index is 13.0. The number of ether oxygens (including phenoxy) is 1. The molecule has 1 rings (SSSR count). The van der Waals surface area contributed by atoms with Crippen LogP contribution in [0.5, 0.6) is 0 Å². The summed E-state index contributed by atoms with van der Waals surface area (Å²) in [5.74, 6) is -2.20. The van der Waals surface area contributed by atoms with Crippen molar-refractivity contribution in [2.45, 2.75) is 43.4 Å². The summed E-state index contributed by atoms with van der Waals surface area (Å²) in [6, 6.07) is 3.55. The molecule has 5 heteroatoms. The molecule has 0 heterocycles. The molecular weight excluding hydrogens is 258 g/mol. The van der Waals surface area contributed by atoms with E-state index in [0.717, 1.165) is 23.9 Å². The quantitative estimate of drug-likeness (QED) is 0.619. The summed E-state index contributed by atoms with van der Waals surface area (Å²) >= 11 is 1.13. The van der Waals surface area contributed by atoms with Crippen LogP contribution in [0.4, 0.5) is 8.78 Å². The highest BCUT2D eigenvalue weighted by atomic mass is 32.2. The monoisotopic (exact) mass is 274 g/mol. The minimum atomic E-state index is -0.920. The van der Waals surface area contributed by atoms with Gasteiger partial charge >= 0.3 is 5.97 Å². The van der Waals surface area contributed by atoms with Crippen molar-refractivity contribution in [3.63, 3.8) is 0 Å². The highest BCUT2D eigenvalue weighted by molar-refractivity contribution is 8.00. The minimum absolute atomic E-state index is 0.378. The zero-order valence-electron chi connectivity index (χ0n) is 10.8. The summed E-state index contributed by atoms with van der Waals surface area (Å²) in [7, 11) is 0. The third-order valence-corrected chi connectivity index (χ3v) is 3.01. The van der Waals surface area contributed by atoms with E-state index in [-0.39, 0.29) is 5.97 Å². The van der Waals surface area contributed by atoms with Gasteiger partial charge in [0.1, 0.15) is 10.9 Å². The summed E-state index contributed by atoms with van der Waals surface area (Å²) in [6.07, 6.45) is 0. The molecule has 0 saturated heterocycles.